The fraction of sp³-hybridized carbons (Fsp3) is 0.118. The molecule has 0 aliphatic heterocycles. The second kappa shape index (κ2) is 6.14. The third-order valence-electron chi connectivity index (χ3n) is 3.45. The van der Waals surface area contributed by atoms with Crippen molar-refractivity contribution in [1.82, 2.24) is 4.98 Å². The van der Waals surface area contributed by atoms with Gasteiger partial charge in [0.25, 0.3) is 0 Å². The quantitative estimate of drug-likeness (QED) is 0.717. The lowest BCUT2D eigenvalue weighted by atomic mass is 9.99. The van der Waals surface area contributed by atoms with Crippen molar-refractivity contribution in [2.24, 2.45) is 0 Å². The third kappa shape index (κ3) is 3.10. The number of benzene rings is 2. The zero-order valence-corrected chi connectivity index (χ0v) is 13.5. The molecule has 0 radical (unpaired) electrons. The molecule has 0 spiro atoms. The number of nitrogens with zero attached hydrogens (tertiary/aromatic N) is 1. The lowest BCUT2D eigenvalue weighted by molar-refractivity contribution is 0.180. The lowest BCUT2D eigenvalue weighted by Crippen LogP contribution is -2.03. The predicted molar refractivity (Wildman–Crippen MR) is 89.6 cm³/mol. The minimum atomic E-state index is -0.600. The van der Waals surface area contributed by atoms with Gasteiger partial charge in [-0.05, 0) is 29.8 Å². The summed E-state index contributed by atoms with van der Waals surface area (Å²) in [6.45, 7) is 0. The van der Waals surface area contributed by atoms with Gasteiger partial charge in [-0.25, -0.2) is 0 Å². The van der Waals surface area contributed by atoms with E-state index < -0.39 is 6.10 Å². The van der Waals surface area contributed by atoms with Crippen LogP contribution >= 0.6 is 27.5 Å². The molecule has 106 valence electrons. The Kier molecular flexibility index (Phi) is 4.24. The number of rotatable bonds is 3. The van der Waals surface area contributed by atoms with Crippen molar-refractivity contribution in [3.05, 3.63) is 75.4 Å². The van der Waals surface area contributed by atoms with Crippen LogP contribution < -0.4 is 0 Å². The van der Waals surface area contributed by atoms with E-state index in [4.69, 9.17) is 11.6 Å². The van der Waals surface area contributed by atoms with Crippen LogP contribution in [0.5, 0.6) is 0 Å². The van der Waals surface area contributed by atoms with Crippen LogP contribution in [0.25, 0.3) is 10.9 Å². The Hall–Kier alpha value is -1.42. The van der Waals surface area contributed by atoms with E-state index in [1.807, 2.05) is 48.5 Å². The van der Waals surface area contributed by atoms with Gasteiger partial charge in [-0.3, -0.25) is 4.98 Å². The van der Waals surface area contributed by atoms with Crippen LogP contribution in [0.1, 0.15) is 17.2 Å². The molecule has 0 aliphatic rings. The highest BCUT2D eigenvalue weighted by Crippen LogP contribution is 2.30. The molecule has 0 saturated heterocycles. The number of aromatic nitrogens is 1. The van der Waals surface area contributed by atoms with Gasteiger partial charge in [0.2, 0.25) is 0 Å². The minimum absolute atomic E-state index is 0.532. The van der Waals surface area contributed by atoms with E-state index in [0.717, 1.165) is 26.5 Å². The lowest BCUT2D eigenvalue weighted by Gasteiger charge is -2.14. The van der Waals surface area contributed by atoms with Gasteiger partial charge in [0.15, 0.2) is 0 Å². The molecule has 1 atom stereocenters. The van der Waals surface area contributed by atoms with Gasteiger partial charge in [-0.2, -0.15) is 0 Å². The van der Waals surface area contributed by atoms with E-state index in [-0.39, 0.29) is 0 Å². The zero-order valence-electron chi connectivity index (χ0n) is 11.1. The molecule has 0 saturated carbocycles. The average Bonchev–Trinajstić information content (AvgIpc) is 2.50. The number of hydrogen-bond acceptors (Lipinski definition) is 2. The summed E-state index contributed by atoms with van der Waals surface area (Å²) in [5.74, 6) is 0. The molecule has 2 nitrogen and oxygen atoms in total. The fourth-order valence-electron chi connectivity index (χ4n) is 2.38. The number of fused-ring (bicyclic) bond motifs is 1. The van der Waals surface area contributed by atoms with E-state index >= 15 is 0 Å². The molecule has 0 fully saturated rings. The van der Waals surface area contributed by atoms with E-state index in [0.29, 0.717) is 11.4 Å². The number of hydrogen-bond donors (Lipinski definition) is 1. The van der Waals surface area contributed by atoms with Crippen molar-refractivity contribution in [3.63, 3.8) is 0 Å². The first-order chi connectivity index (χ1) is 10.1. The third-order valence-corrected chi connectivity index (χ3v) is 4.39. The van der Waals surface area contributed by atoms with Crippen LogP contribution in [-0.2, 0) is 6.42 Å². The zero-order chi connectivity index (χ0) is 14.8. The van der Waals surface area contributed by atoms with Crippen molar-refractivity contribution >= 4 is 38.4 Å². The smallest absolute Gasteiger partial charge is 0.0851 e. The Morgan fingerprint density at radius 2 is 1.86 bits per heavy atom. The molecular formula is C17H13BrClNO. The fourth-order valence-corrected chi connectivity index (χ4v) is 2.96. The number of halogens is 2. The van der Waals surface area contributed by atoms with E-state index in [1.54, 1.807) is 6.20 Å². The molecule has 3 aromatic rings. The van der Waals surface area contributed by atoms with Crippen LogP contribution in [0, 0.1) is 0 Å². The van der Waals surface area contributed by atoms with Crippen LogP contribution in [0.15, 0.2) is 59.2 Å². The maximum absolute atomic E-state index is 10.5. The second-order valence-electron chi connectivity index (χ2n) is 4.88. The summed E-state index contributed by atoms with van der Waals surface area (Å²) in [6, 6.07) is 15.3. The summed E-state index contributed by atoms with van der Waals surface area (Å²) in [7, 11) is 0. The van der Waals surface area contributed by atoms with Crippen molar-refractivity contribution in [2.45, 2.75) is 12.5 Å². The Balaban J connectivity index is 1.96. The van der Waals surface area contributed by atoms with Gasteiger partial charge in [0, 0.05) is 33.1 Å². The SMILES string of the molecule is OC(Cc1ccc(Cl)cc1)c1ccc(Br)c2cccnc12. The molecule has 21 heavy (non-hydrogen) atoms. The molecule has 2 aromatic carbocycles. The first-order valence-electron chi connectivity index (χ1n) is 6.61. The summed E-state index contributed by atoms with van der Waals surface area (Å²) >= 11 is 9.40. The van der Waals surface area contributed by atoms with E-state index in [9.17, 15) is 5.11 Å². The Bertz CT molecular complexity index is 773. The van der Waals surface area contributed by atoms with Gasteiger partial charge < -0.3 is 5.11 Å². The molecule has 1 N–H and O–H groups in total. The first-order valence-corrected chi connectivity index (χ1v) is 7.78. The van der Waals surface area contributed by atoms with Crippen molar-refractivity contribution < 1.29 is 5.11 Å². The Labute approximate surface area is 136 Å². The maximum atomic E-state index is 10.5. The maximum Gasteiger partial charge on any atom is 0.0851 e. The normalized spacial score (nSPS) is 12.5. The summed E-state index contributed by atoms with van der Waals surface area (Å²) in [6.07, 6.45) is 1.68. The number of aliphatic hydroxyl groups excluding tert-OH is 1. The molecule has 1 unspecified atom stereocenters. The molecule has 1 heterocycles. The first kappa shape index (κ1) is 14.5. The molecular weight excluding hydrogens is 350 g/mol. The molecule has 0 amide bonds. The van der Waals surface area contributed by atoms with Gasteiger partial charge in [-0.15, -0.1) is 0 Å². The standard InChI is InChI=1S/C17H13BrClNO/c18-15-8-7-14(17-13(15)2-1-9-20-17)16(21)10-11-3-5-12(19)6-4-11/h1-9,16,21H,10H2. The van der Waals surface area contributed by atoms with Gasteiger partial charge >= 0.3 is 0 Å². The molecule has 1 aromatic heterocycles. The topological polar surface area (TPSA) is 33.1 Å². The van der Waals surface area contributed by atoms with Crippen LogP contribution in [-0.4, -0.2) is 10.1 Å². The van der Waals surface area contributed by atoms with Gasteiger partial charge in [0.1, 0.15) is 0 Å². The van der Waals surface area contributed by atoms with Crippen molar-refractivity contribution in [2.75, 3.05) is 0 Å². The number of aliphatic hydroxyl groups is 1. The van der Waals surface area contributed by atoms with Crippen LogP contribution in [0.2, 0.25) is 5.02 Å². The summed E-state index contributed by atoms with van der Waals surface area (Å²) < 4.78 is 0.980. The average molecular weight is 363 g/mol. The second-order valence-corrected chi connectivity index (χ2v) is 6.17. The molecule has 0 aliphatic carbocycles. The van der Waals surface area contributed by atoms with E-state index in [1.165, 1.54) is 0 Å². The number of pyridine rings is 1. The summed E-state index contributed by atoms with van der Waals surface area (Å²) in [5, 5.41) is 12.2. The highest BCUT2D eigenvalue weighted by molar-refractivity contribution is 9.10. The molecule has 3 rings (SSSR count). The largest absolute Gasteiger partial charge is 0.388 e. The van der Waals surface area contributed by atoms with Crippen molar-refractivity contribution in [3.8, 4) is 0 Å². The monoisotopic (exact) mass is 361 g/mol. The summed E-state index contributed by atoms with van der Waals surface area (Å²) in [4.78, 5) is 4.41. The minimum Gasteiger partial charge on any atom is -0.388 e. The van der Waals surface area contributed by atoms with Crippen molar-refractivity contribution in [1.29, 1.82) is 0 Å². The molecule has 4 heteroatoms. The highest BCUT2D eigenvalue weighted by atomic mass is 79.9. The van der Waals surface area contributed by atoms with Gasteiger partial charge in [0.05, 0.1) is 11.6 Å². The van der Waals surface area contributed by atoms with Crippen LogP contribution in [0.3, 0.4) is 0 Å². The highest BCUT2D eigenvalue weighted by Gasteiger charge is 2.14. The Morgan fingerprint density at radius 1 is 1.10 bits per heavy atom. The van der Waals surface area contributed by atoms with Crippen LogP contribution in [0.4, 0.5) is 0 Å². The Morgan fingerprint density at radius 3 is 2.62 bits per heavy atom. The van der Waals surface area contributed by atoms with Gasteiger partial charge in [-0.1, -0.05) is 51.8 Å². The predicted octanol–water partition coefficient (Wildman–Crippen LogP) is 4.93. The van der Waals surface area contributed by atoms with E-state index in [2.05, 4.69) is 20.9 Å². The summed E-state index contributed by atoms with van der Waals surface area (Å²) in [5.41, 5.74) is 2.70. The molecule has 0 bridgehead atoms.